The zero-order chi connectivity index (χ0) is 18.8. The average molecular weight is 442 g/mol. The first-order chi connectivity index (χ1) is 13.1. The molecule has 4 atom stereocenters. The van der Waals surface area contributed by atoms with Crippen LogP contribution in [0, 0.1) is 5.92 Å². The maximum atomic E-state index is 12.9. The number of carbonyl (C=O) groups excluding carboxylic acids is 1. The van der Waals surface area contributed by atoms with Crippen LogP contribution in [-0.2, 0) is 11.3 Å². The second kappa shape index (κ2) is 11.0. The summed E-state index contributed by atoms with van der Waals surface area (Å²) in [5.74, 6) is 0.962. The SMILES string of the molecule is CC1CC(N(C)C(=O)CC2CC3CCC(C2)N3)CCN1Cc1ccccc1.Cl.Cl. The molecule has 1 aromatic rings. The number of rotatable bonds is 5. The summed E-state index contributed by atoms with van der Waals surface area (Å²) in [7, 11) is 2.04. The molecule has 6 heteroatoms. The second-order valence-electron chi connectivity index (χ2n) is 9.17. The summed E-state index contributed by atoms with van der Waals surface area (Å²) < 4.78 is 0. The molecule has 4 unspecified atom stereocenters. The van der Waals surface area contributed by atoms with Gasteiger partial charge in [-0.3, -0.25) is 9.69 Å². The fourth-order valence-electron chi connectivity index (χ4n) is 5.54. The largest absolute Gasteiger partial charge is 0.343 e. The van der Waals surface area contributed by atoms with E-state index in [0.717, 1.165) is 32.4 Å². The van der Waals surface area contributed by atoms with E-state index in [9.17, 15) is 4.79 Å². The summed E-state index contributed by atoms with van der Waals surface area (Å²) in [6, 6.07) is 13.0. The maximum absolute atomic E-state index is 12.9. The molecule has 0 saturated carbocycles. The Morgan fingerprint density at radius 2 is 1.72 bits per heavy atom. The summed E-state index contributed by atoms with van der Waals surface area (Å²) >= 11 is 0. The van der Waals surface area contributed by atoms with Gasteiger partial charge in [-0.25, -0.2) is 0 Å². The van der Waals surface area contributed by atoms with Gasteiger partial charge in [-0.05, 0) is 56.9 Å². The molecule has 4 rings (SSSR count). The Kier molecular flexibility index (Phi) is 9.27. The van der Waals surface area contributed by atoms with Crippen LogP contribution in [0.1, 0.15) is 57.4 Å². The van der Waals surface area contributed by atoms with E-state index in [0.29, 0.717) is 36.0 Å². The summed E-state index contributed by atoms with van der Waals surface area (Å²) in [6.07, 6.45) is 7.95. The van der Waals surface area contributed by atoms with Crippen LogP contribution in [0.3, 0.4) is 0 Å². The van der Waals surface area contributed by atoms with E-state index in [4.69, 9.17) is 0 Å². The first-order valence-electron chi connectivity index (χ1n) is 10.9. The molecule has 4 nitrogen and oxygen atoms in total. The van der Waals surface area contributed by atoms with E-state index in [1.807, 2.05) is 7.05 Å². The number of amides is 1. The minimum atomic E-state index is 0. The van der Waals surface area contributed by atoms with Crippen molar-refractivity contribution in [2.24, 2.45) is 5.92 Å². The molecule has 0 aliphatic carbocycles. The lowest BCUT2D eigenvalue weighted by Gasteiger charge is -2.41. The zero-order valence-corrected chi connectivity index (χ0v) is 19.4. The topological polar surface area (TPSA) is 35.6 Å². The number of nitrogens with one attached hydrogen (secondary N) is 1. The van der Waals surface area contributed by atoms with Gasteiger partial charge in [0, 0.05) is 50.7 Å². The molecule has 3 aliphatic heterocycles. The predicted molar refractivity (Wildman–Crippen MR) is 124 cm³/mol. The van der Waals surface area contributed by atoms with Gasteiger partial charge in [0.2, 0.25) is 5.91 Å². The first kappa shape index (κ1) is 24.5. The van der Waals surface area contributed by atoms with Crippen molar-refractivity contribution in [3.05, 3.63) is 35.9 Å². The van der Waals surface area contributed by atoms with Crippen molar-refractivity contribution >= 4 is 30.7 Å². The highest BCUT2D eigenvalue weighted by atomic mass is 35.5. The smallest absolute Gasteiger partial charge is 0.222 e. The van der Waals surface area contributed by atoms with Crippen LogP contribution >= 0.6 is 24.8 Å². The number of carbonyl (C=O) groups is 1. The number of likely N-dealkylation sites (tertiary alicyclic amines) is 1. The van der Waals surface area contributed by atoms with Gasteiger partial charge in [-0.1, -0.05) is 30.3 Å². The van der Waals surface area contributed by atoms with Crippen molar-refractivity contribution in [2.45, 2.75) is 82.6 Å². The molecule has 3 fully saturated rings. The van der Waals surface area contributed by atoms with Crippen LogP contribution in [0.15, 0.2) is 30.3 Å². The summed E-state index contributed by atoms with van der Waals surface area (Å²) in [4.78, 5) is 17.6. The Morgan fingerprint density at radius 1 is 1.07 bits per heavy atom. The Hall–Kier alpha value is -0.810. The molecule has 3 aliphatic rings. The Morgan fingerprint density at radius 3 is 2.34 bits per heavy atom. The molecular weight excluding hydrogens is 405 g/mol. The fraction of sp³-hybridized carbons (Fsp3) is 0.696. The zero-order valence-electron chi connectivity index (χ0n) is 17.8. The van der Waals surface area contributed by atoms with Gasteiger partial charge < -0.3 is 10.2 Å². The Labute approximate surface area is 188 Å². The fourth-order valence-corrected chi connectivity index (χ4v) is 5.54. The molecule has 164 valence electrons. The lowest BCUT2D eigenvalue weighted by molar-refractivity contribution is -0.134. The van der Waals surface area contributed by atoms with E-state index >= 15 is 0 Å². The van der Waals surface area contributed by atoms with Gasteiger partial charge in [0.1, 0.15) is 0 Å². The van der Waals surface area contributed by atoms with Crippen LogP contribution in [0.25, 0.3) is 0 Å². The van der Waals surface area contributed by atoms with Crippen LogP contribution in [-0.4, -0.2) is 53.5 Å². The Bertz CT molecular complexity index is 632. The third-order valence-corrected chi connectivity index (χ3v) is 7.19. The maximum Gasteiger partial charge on any atom is 0.222 e. The molecular formula is C23H37Cl2N3O. The van der Waals surface area contributed by atoms with Crippen molar-refractivity contribution in [1.29, 1.82) is 0 Å². The number of nitrogens with zero attached hydrogens (tertiary/aromatic N) is 2. The van der Waals surface area contributed by atoms with E-state index in [-0.39, 0.29) is 24.8 Å². The minimum absolute atomic E-state index is 0. The molecule has 1 aromatic carbocycles. The van der Waals surface area contributed by atoms with Crippen LogP contribution in [0.5, 0.6) is 0 Å². The molecule has 3 saturated heterocycles. The van der Waals surface area contributed by atoms with Gasteiger partial charge >= 0.3 is 0 Å². The number of benzene rings is 1. The lowest BCUT2D eigenvalue weighted by atomic mass is 9.88. The van der Waals surface area contributed by atoms with Crippen LogP contribution < -0.4 is 5.32 Å². The quantitative estimate of drug-likeness (QED) is 0.740. The molecule has 0 aromatic heterocycles. The molecule has 3 heterocycles. The summed E-state index contributed by atoms with van der Waals surface area (Å²) in [5.41, 5.74) is 1.38. The van der Waals surface area contributed by atoms with Gasteiger partial charge in [-0.15, -0.1) is 24.8 Å². The van der Waals surface area contributed by atoms with Crippen LogP contribution in [0.2, 0.25) is 0 Å². The molecule has 2 bridgehead atoms. The molecule has 0 spiro atoms. The third-order valence-electron chi connectivity index (χ3n) is 7.19. The predicted octanol–water partition coefficient (Wildman–Crippen LogP) is 4.26. The normalized spacial score (nSPS) is 31.4. The van der Waals surface area contributed by atoms with Gasteiger partial charge in [0.15, 0.2) is 0 Å². The van der Waals surface area contributed by atoms with Crippen molar-refractivity contribution in [3.63, 3.8) is 0 Å². The second-order valence-corrected chi connectivity index (χ2v) is 9.17. The molecule has 29 heavy (non-hydrogen) atoms. The number of piperidine rings is 2. The molecule has 1 N–H and O–H groups in total. The van der Waals surface area contributed by atoms with Gasteiger partial charge in [-0.2, -0.15) is 0 Å². The monoisotopic (exact) mass is 441 g/mol. The molecule has 0 radical (unpaired) electrons. The number of fused-ring (bicyclic) bond motifs is 2. The van der Waals surface area contributed by atoms with Gasteiger partial charge in [0.25, 0.3) is 0 Å². The highest BCUT2D eigenvalue weighted by Gasteiger charge is 2.36. The van der Waals surface area contributed by atoms with E-state index in [2.05, 4.69) is 52.4 Å². The van der Waals surface area contributed by atoms with E-state index < -0.39 is 0 Å². The van der Waals surface area contributed by atoms with Crippen molar-refractivity contribution in [3.8, 4) is 0 Å². The number of hydrogen-bond acceptors (Lipinski definition) is 3. The number of hydrogen-bond donors (Lipinski definition) is 1. The summed E-state index contributed by atoms with van der Waals surface area (Å²) in [5, 5.41) is 3.69. The standard InChI is InChI=1S/C23H35N3O.2ClH/c1-17-12-22(10-11-26(17)16-18-6-4-3-5-7-18)25(2)23(27)15-19-13-20-8-9-21(14-19)24-20;;/h3-7,17,19-22,24H,8-16H2,1-2H3;2*1H. The van der Waals surface area contributed by atoms with Crippen molar-refractivity contribution < 1.29 is 4.79 Å². The van der Waals surface area contributed by atoms with E-state index in [1.54, 1.807) is 0 Å². The highest BCUT2D eigenvalue weighted by molar-refractivity contribution is 5.85. The summed E-state index contributed by atoms with van der Waals surface area (Å²) in [6.45, 7) is 4.41. The molecule has 1 amide bonds. The first-order valence-corrected chi connectivity index (χ1v) is 10.9. The third kappa shape index (κ3) is 6.10. The highest BCUT2D eigenvalue weighted by Crippen LogP contribution is 2.33. The number of halogens is 2. The van der Waals surface area contributed by atoms with Gasteiger partial charge in [0.05, 0.1) is 0 Å². The average Bonchev–Trinajstić information content (AvgIpc) is 3.02. The lowest BCUT2D eigenvalue weighted by Crippen LogP contribution is -2.49. The van der Waals surface area contributed by atoms with E-state index in [1.165, 1.54) is 31.2 Å². The van der Waals surface area contributed by atoms with Crippen molar-refractivity contribution in [1.82, 2.24) is 15.1 Å². The minimum Gasteiger partial charge on any atom is -0.343 e. The van der Waals surface area contributed by atoms with Crippen LogP contribution in [0.4, 0.5) is 0 Å². The Balaban J connectivity index is 0.00000150. The van der Waals surface area contributed by atoms with Crippen molar-refractivity contribution in [2.75, 3.05) is 13.6 Å².